The molecule has 0 atom stereocenters. The monoisotopic (exact) mass is 174 g/mol. The van der Waals surface area contributed by atoms with Crippen LogP contribution in [0.15, 0.2) is 5.34 Å². The summed E-state index contributed by atoms with van der Waals surface area (Å²) < 4.78 is 0. The fourth-order valence-electron chi connectivity index (χ4n) is 0. The van der Waals surface area contributed by atoms with Gasteiger partial charge in [-0.05, 0) is 0 Å². The summed E-state index contributed by atoms with van der Waals surface area (Å²) in [7, 11) is 0. The minimum Gasteiger partial charge on any atom is -0.512 e. The van der Waals surface area contributed by atoms with Gasteiger partial charge in [-0.15, -0.1) is 5.34 Å². The van der Waals surface area contributed by atoms with Crippen molar-refractivity contribution in [2.45, 2.75) is 0 Å². The van der Waals surface area contributed by atoms with E-state index < -0.39 is 0 Å². The second-order valence-corrected chi connectivity index (χ2v) is 0.0745. The Hall–Kier alpha value is -0.487. The van der Waals surface area contributed by atoms with Crippen LogP contribution in [0.4, 0.5) is 0 Å². The van der Waals surface area contributed by atoms with Gasteiger partial charge in [0, 0.05) is 0 Å². The van der Waals surface area contributed by atoms with Crippen LogP contribution in [0.2, 0.25) is 0 Å². The summed E-state index contributed by atoms with van der Waals surface area (Å²) in [5.74, 6) is 0. The van der Waals surface area contributed by atoms with Gasteiger partial charge in [0.2, 0.25) is 0 Å². The van der Waals surface area contributed by atoms with Crippen molar-refractivity contribution < 1.29 is 19.5 Å². The number of nitrogens with zero attached hydrogens (tertiary/aromatic N) is 2. The van der Waals surface area contributed by atoms with Gasteiger partial charge in [0.05, 0.1) is 0 Å². The first-order chi connectivity index (χ1) is 2.41. The van der Waals surface area contributed by atoms with Crippen LogP contribution in [0.1, 0.15) is 0 Å². The van der Waals surface area contributed by atoms with Crippen molar-refractivity contribution in [2.75, 3.05) is 0 Å². The van der Waals surface area contributed by atoms with Gasteiger partial charge in [0.1, 0.15) is 0 Å². The Morgan fingerprint density at radius 1 is 1.67 bits per heavy atom. The molecule has 1 radical (unpaired) electrons. The van der Waals surface area contributed by atoms with E-state index in [0.717, 1.165) is 5.34 Å². The normalized spacial score (nSPS) is 2.33. The first kappa shape index (κ1) is 17.8. The molecule has 0 heterocycles. The van der Waals surface area contributed by atoms with Gasteiger partial charge >= 0.3 is 19.5 Å². The van der Waals surface area contributed by atoms with E-state index in [2.05, 4.69) is 0 Å². The molecule has 4 nitrogen and oxygen atoms in total. The molecular weight excluding hydrogens is 173 g/mol. The molecule has 6 heavy (non-hydrogen) atoms. The van der Waals surface area contributed by atoms with Crippen LogP contribution in [-0.4, -0.2) is 0 Å². The van der Waals surface area contributed by atoms with E-state index >= 15 is 0 Å². The van der Waals surface area contributed by atoms with Gasteiger partial charge in [-0.2, -0.15) is 0 Å². The second-order valence-electron chi connectivity index (χ2n) is 0.0745. The molecule has 0 aliphatic heterocycles. The van der Waals surface area contributed by atoms with Crippen molar-refractivity contribution in [1.29, 1.82) is 5.26 Å². The summed E-state index contributed by atoms with van der Waals surface area (Å²) in [4.78, 5) is 8.00. The molecule has 0 aliphatic carbocycles. The largest absolute Gasteiger partial charge is 1.00 e. The molecule has 0 saturated heterocycles. The molecule has 0 aromatic carbocycles. The molecular formula is CN2O2Ru-. The minimum atomic E-state index is 0. The maximum absolute atomic E-state index is 8.00. The van der Waals surface area contributed by atoms with Crippen molar-refractivity contribution in [2.24, 2.45) is 5.34 Å². The molecule has 0 unspecified atom stereocenters. The van der Waals surface area contributed by atoms with E-state index in [4.69, 9.17) is 21.9 Å². The summed E-state index contributed by atoms with van der Waals surface area (Å²) in [5.41, 5.74) is 0. The van der Waals surface area contributed by atoms with E-state index in [9.17, 15) is 0 Å². The first-order valence-corrected chi connectivity index (χ1v) is 0.589. The van der Waals surface area contributed by atoms with Gasteiger partial charge in [-0.3, -0.25) is 0 Å². The molecule has 0 N–H and O–H groups in total. The predicted molar refractivity (Wildman–Crippen MR) is 14.1 cm³/mol. The maximum atomic E-state index is 8.00. The average Bonchev–Trinajstić information content (AvgIpc) is 1.46. The van der Waals surface area contributed by atoms with Gasteiger partial charge in [0.15, 0.2) is 0 Å². The van der Waals surface area contributed by atoms with Gasteiger partial charge in [-0.1, -0.05) is 0 Å². The van der Waals surface area contributed by atoms with Crippen molar-refractivity contribution in [3.63, 3.8) is 0 Å². The third-order valence-corrected chi connectivity index (χ3v) is 0. The zero-order chi connectivity index (χ0) is 4.71. The van der Waals surface area contributed by atoms with E-state index in [-0.39, 0.29) is 19.5 Å². The molecule has 0 aromatic rings. The summed E-state index contributed by atoms with van der Waals surface area (Å²) in [6.07, 6.45) is 0. The molecule has 0 amide bonds. The standard InChI is InChI=1S/CN.HNO2.Ru/c1-2;2-1-3;/h;(H,2,3);/q-1;;+1/p-1. The Balaban J connectivity index is -0.0000000275. The zero-order valence-electron chi connectivity index (χ0n) is 2.56. The molecule has 0 aliphatic rings. The van der Waals surface area contributed by atoms with Crippen molar-refractivity contribution >= 4 is 0 Å². The molecule has 0 spiro atoms. The Morgan fingerprint density at radius 2 is 1.67 bits per heavy atom. The number of hydrogen-bond donors (Lipinski definition) is 0. The van der Waals surface area contributed by atoms with Crippen LogP contribution in [0.25, 0.3) is 0 Å². The minimum absolute atomic E-state index is 0. The van der Waals surface area contributed by atoms with Gasteiger partial charge in [-0.25, -0.2) is 0 Å². The third-order valence-electron chi connectivity index (χ3n) is 0. The fourth-order valence-corrected chi connectivity index (χ4v) is 0. The molecule has 0 saturated carbocycles. The Bertz CT molecular complexity index is 35.8. The second kappa shape index (κ2) is 211. The molecule has 0 aromatic heterocycles. The van der Waals surface area contributed by atoms with Crippen molar-refractivity contribution in [1.82, 2.24) is 0 Å². The van der Waals surface area contributed by atoms with E-state index in [1.165, 1.54) is 0 Å². The van der Waals surface area contributed by atoms with E-state index in [0.29, 0.717) is 0 Å². The summed E-state index contributed by atoms with van der Waals surface area (Å²) >= 11 is 0. The first-order valence-electron chi connectivity index (χ1n) is 0.589. The van der Waals surface area contributed by atoms with Gasteiger partial charge < -0.3 is 21.9 Å². The Labute approximate surface area is 47.5 Å². The topological polar surface area (TPSA) is 76.3 Å². The molecule has 5 heteroatoms. The fraction of sp³-hybridized carbons (Fsp3) is 0. The maximum Gasteiger partial charge on any atom is 1.00 e. The zero-order valence-corrected chi connectivity index (χ0v) is 4.30. The van der Waals surface area contributed by atoms with Crippen LogP contribution in [-0.2, 0) is 19.5 Å². The number of rotatable bonds is 0. The Morgan fingerprint density at radius 3 is 1.67 bits per heavy atom. The Kier molecular flexibility index (Phi) is 626. The smallest absolute Gasteiger partial charge is 0.512 e. The van der Waals surface area contributed by atoms with Crippen LogP contribution in [0, 0.1) is 21.9 Å². The molecule has 0 bridgehead atoms. The average molecular weight is 173 g/mol. The SMILES string of the molecule is O=N[O-].[C-]#N.[Ru+]. The van der Waals surface area contributed by atoms with Gasteiger partial charge in [0.25, 0.3) is 0 Å². The summed E-state index contributed by atoms with van der Waals surface area (Å²) in [6, 6.07) is 0. The third kappa shape index (κ3) is 93.7. The van der Waals surface area contributed by atoms with Crippen LogP contribution >= 0.6 is 0 Å². The van der Waals surface area contributed by atoms with E-state index in [1.807, 2.05) is 0 Å². The van der Waals surface area contributed by atoms with Crippen molar-refractivity contribution in [3.8, 4) is 0 Å². The quantitative estimate of drug-likeness (QED) is 0.229. The van der Waals surface area contributed by atoms with E-state index in [1.54, 1.807) is 0 Å². The van der Waals surface area contributed by atoms with Crippen LogP contribution < -0.4 is 0 Å². The van der Waals surface area contributed by atoms with Crippen LogP contribution in [0.5, 0.6) is 0 Å². The summed E-state index contributed by atoms with van der Waals surface area (Å²) in [5, 5.41) is 15.2. The van der Waals surface area contributed by atoms with Crippen LogP contribution in [0.3, 0.4) is 0 Å². The predicted octanol–water partition coefficient (Wildman–Crippen LogP) is 0.344. The van der Waals surface area contributed by atoms with Crippen molar-refractivity contribution in [3.05, 3.63) is 16.7 Å². The summed E-state index contributed by atoms with van der Waals surface area (Å²) in [6.45, 7) is 4.75. The molecule has 0 fully saturated rings. The molecule has 0 rings (SSSR count). The molecule has 35 valence electrons. The number of hydrogen-bond acceptors (Lipinski definition) is 4.